The highest BCUT2D eigenvalue weighted by Gasteiger charge is 2.07. The molecule has 14 heavy (non-hydrogen) atoms. The summed E-state index contributed by atoms with van der Waals surface area (Å²) in [5, 5.41) is 0. The maximum absolute atomic E-state index is 11.7. The summed E-state index contributed by atoms with van der Waals surface area (Å²) in [5.41, 5.74) is 6.88. The molecule has 0 bridgehead atoms. The minimum Gasteiger partial charge on any atom is -0.394 e. The molecule has 0 atom stereocenters. The molecule has 3 nitrogen and oxygen atoms in total. The molecule has 1 aliphatic carbocycles. The van der Waals surface area contributed by atoms with Gasteiger partial charge in [-0.25, -0.2) is 0 Å². The lowest BCUT2D eigenvalue weighted by molar-refractivity contribution is 0.713. The number of nitrogen functional groups attached to an aromatic ring is 1. The van der Waals surface area contributed by atoms with Crippen LogP contribution in [-0.4, -0.2) is 4.57 Å². The summed E-state index contributed by atoms with van der Waals surface area (Å²) in [7, 11) is 0. The van der Waals surface area contributed by atoms with Gasteiger partial charge >= 0.3 is 0 Å². The lowest BCUT2D eigenvalue weighted by Gasteiger charge is -2.14. The van der Waals surface area contributed by atoms with Crippen LogP contribution in [0.5, 0.6) is 0 Å². The predicted octanol–water partition coefficient (Wildman–Crippen LogP) is 1.85. The third-order valence-corrected chi connectivity index (χ3v) is 2.55. The van der Waals surface area contributed by atoms with E-state index < -0.39 is 0 Å². The molecular weight excluding hydrogens is 176 g/mol. The zero-order valence-electron chi connectivity index (χ0n) is 8.07. The van der Waals surface area contributed by atoms with Crippen LogP contribution in [0.1, 0.15) is 25.7 Å². The minimum atomic E-state index is -0.0966. The number of aromatic nitrogens is 1. The van der Waals surface area contributed by atoms with Crippen molar-refractivity contribution in [3.63, 3.8) is 0 Å². The third kappa shape index (κ3) is 1.58. The second-order valence-corrected chi connectivity index (χ2v) is 3.58. The Balaban J connectivity index is 2.46. The Kier molecular flexibility index (Phi) is 2.39. The quantitative estimate of drug-likeness (QED) is 0.734. The number of hydrogen-bond donors (Lipinski definition) is 1. The van der Waals surface area contributed by atoms with Crippen LogP contribution in [0.25, 0.3) is 5.70 Å². The Morgan fingerprint density at radius 1 is 1.36 bits per heavy atom. The fourth-order valence-electron chi connectivity index (χ4n) is 1.78. The van der Waals surface area contributed by atoms with Gasteiger partial charge in [0.05, 0.1) is 5.69 Å². The molecule has 0 aliphatic heterocycles. The molecule has 0 saturated carbocycles. The summed E-state index contributed by atoms with van der Waals surface area (Å²) in [6.45, 7) is 0. The standard InChI is InChI=1S/C11H14N2O/c12-10-7-4-8-13(11(10)14)9-5-2-1-3-6-9/h4-5,7-8H,1-3,6,12H2. The number of rotatable bonds is 1. The predicted molar refractivity (Wildman–Crippen MR) is 57.9 cm³/mol. The fourth-order valence-corrected chi connectivity index (χ4v) is 1.78. The van der Waals surface area contributed by atoms with Gasteiger partial charge in [-0.05, 0) is 37.8 Å². The van der Waals surface area contributed by atoms with E-state index in [9.17, 15) is 4.79 Å². The normalized spacial score (nSPS) is 16.4. The summed E-state index contributed by atoms with van der Waals surface area (Å²) < 4.78 is 1.66. The van der Waals surface area contributed by atoms with Gasteiger partial charge < -0.3 is 5.73 Å². The maximum Gasteiger partial charge on any atom is 0.277 e. The molecule has 1 heterocycles. The summed E-state index contributed by atoms with van der Waals surface area (Å²) in [6, 6.07) is 3.45. The van der Waals surface area contributed by atoms with Crippen LogP contribution < -0.4 is 11.3 Å². The highest BCUT2D eigenvalue weighted by molar-refractivity contribution is 5.49. The van der Waals surface area contributed by atoms with E-state index in [1.165, 1.54) is 6.42 Å². The van der Waals surface area contributed by atoms with Crippen LogP contribution in [-0.2, 0) is 0 Å². The maximum atomic E-state index is 11.7. The molecular formula is C11H14N2O. The number of pyridine rings is 1. The molecule has 3 heteroatoms. The Morgan fingerprint density at radius 2 is 2.21 bits per heavy atom. The number of allylic oxidation sites excluding steroid dienone is 2. The van der Waals surface area contributed by atoms with Gasteiger partial charge in [-0.15, -0.1) is 0 Å². The smallest absolute Gasteiger partial charge is 0.277 e. The first-order chi connectivity index (χ1) is 6.79. The molecule has 0 spiro atoms. The minimum absolute atomic E-state index is 0.0966. The first-order valence-electron chi connectivity index (χ1n) is 4.95. The van der Waals surface area contributed by atoms with E-state index in [4.69, 9.17) is 5.73 Å². The van der Waals surface area contributed by atoms with Gasteiger partial charge in [0.25, 0.3) is 5.56 Å². The average molecular weight is 190 g/mol. The first kappa shape index (κ1) is 9.06. The van der Waals surface area contributed by atoms with Crippen molar-refractivity contribution in [2.45, 2.75) is 25.7 Å². The lowest BCUT2D eigenvalue weighted by Crippen LogP contribution is -2.21. The first-order valence-corrected chi connectivity index (χ1v) is 4.95. The monoisotopic (exact) mass is 190 g/mol. The summed E-state index contributed by atoms with van der Waals surface area (Å²) in [4.78, 5) is 11.7. The lowest BCUT2D eigenvalue weighted by atomic mass is 10.0. The molecule has 1 aliphatic rings. The van der Waals surface area contributed by atoms with E-state index in [-0.39, 0.29) is 5.56 Å². The van der Waals surface area contributed by atoms with Crippen molar-refractivity contribution < 1.29 is 0 Å². The molecule has 2 rings (SSSR count). The van der Waals surface area contributed by atoms with Gasteiger partial charge in [-0.3, -0.25) is 9.36 Å². The summed E-state index contributed by atoms with van der Waals surface area (Å²) in [6.07, 6.45) is 8.34. The summed E-state index contributed by atoms with van der Waals surface area (Å²) >= 11 is 0. The molecule has 0 saturated heterocycles. The molecule has 2 N–H and O–H groups in total. The van der Waals surface area contributed by atoms with Crippen LogP contribution in [0.2, 0.25) is 0 Å². The van der Waals surface area contributed by atoms with Crippen LogP contribution in [0, 0.1) is 0 Å². The van der Waals surface area contributed by atoms with Gasteiger partial charge in [0, 0.05) is 11.9 Å². The molecule has 0 radical (unpaired) electrons. The Hall–Kier alpha value is -1.51. The second-order valence-electron chi connectivity index (χ2n) is 3.58. The van der Waals surface area contributed by atoms with Gasteiger partial charge in [0.1, 0.15) is 0 Å². The van der Waals surface area contributed by atoms with Crippen molar-refractivity contribution >= 4 is 11.4 Å². The van der Waals surface area contributed by atoms with Crippen molar-refractivity contribution in [3.05, 3.63) is 34.8 Å². The molecule has 1 aromatic heterocycles. The van der Waals surface area contributed by atoms with Crippen LogP contribution in [0.15, 0.2) is 29.2 Å². The van der Waals surface area contributed by atoms with E-state index >= 15 is 0 Å². The molecule has 0 fully saturated rings. The largest absolute Gasteiger partial charge is 0.394 e. The fraction of sp³-hybridized carbons (Fsp3) is 0.364. The van der Waals surface area contributed by atoms with Crippen LogP contribution in [0.3, 0.4) is 0 Å². The Bertz CT molecular complexity index is 418. The number of anilines is 1. The Labute approximate surface area is 82.9 Å². The average Bonchev–Trinajstić information content (AvgIpc) is 2.23. The zero-order chi connectivity index (χ0) is 9.97. The van der Waals surface area contributed by atoms with Crippen molar-refractivity contribution in [2.24, 2.45) is 0 Å². The van der Waals surface area contributed by atoms with Crippen molar-refractivity contribution in [1.29, 1.82) is 0 Å². The number of nitrogens with zero attached hydrogens (tertiary/aromatic N) is 1. The van der Waals surface area contributed by atoms with Gasteiger partial charge in [0.2, 0.25) is 0 Å². The third-order valence-electron chi connectivity index (χ3n) is 2.55. The highest BCUT2D eigenvalue weighted by atomic mass is 16.1. The van der Waals surface area contributed by atoms with E-state index in [1.807, 2.05) is 6.07 Å². The SMILES string of the molecule is Nc1cccn(C2=CCCCC2)c1=O. The molecule has 74 valence electrons. The second kappa shape index (κ2) is 3.70. The van der Waals surface area contributed by atoms with Gasteiger partial charge in [0.15, 0.2) is 0 Å². The van der Waals surface area contributed by atoms with Crippen molar-refractivity contribution in [2.75, 3.05) is 5.73 Å². The van der Waals surface area contributed by atoms with E-state index in [1.54, 1.807) is 16.8 Å². The summed E-state index contributed by atoms with van der Waals surface area (Å²) in [5.74, 6) is 0. The van der Waals surface area contributed by atoms with Gasteiger partial charge in [-0.2, -0.15) is 0 Å². The van der Waals surface area contributed by atoms with Crippen molar-refractivity contribution in [3.8, 4) is 0 Å². The van der Waals surface area contributed by atoms with Crippen LogP contribution >= 0.6 is 0 Å². The number of hydrogen-bond acceptors (Lipinski definition) is 2. The number of nitrogens with two attached hydrogens (primary N) is 1. The topological polar surface area (TPSA) is 48.0 Å². The zero-order valence-corrected chi connectivity index (χ0v) is 8.07. The molecule has 1 aromatic rings. The van der Waals surface area contributed by atoms with Gasteiger partial charge in [-0.1, -0.05) is 6.08 Å². The van der Waals surface area contributed by atoms with Crippen LogP contribution in [0.4, 0.5) is 5.69 Å². The molecule has 0 unspecified atom stereocenters. The van der Waals surface area contributed by atoms with Crippen molar-refractivity contribution in [1.82, 2.24) is 4.57 Å². The van der Waals surface area contributed by atoms with E-state index in [0.29, 0.717) is 5.69 Å². The molecule has 0 aromatic carbocycles. The molecule has 0 amide bonds. The highest BCUT2D eigenvalue weighted by Crippen LogP contribution is 2.20. The van der Waals surface area contributed by atoms with E-state index in [0.717, 1.165) is 25.0 Å². The van der Waals surface area contributed by atoms with E-state index in [2.05, 4.69) is 6.08 Å². The Morgan fingerprint density at radius 3 is 2.93 bits per heavy atom.